The summed E-state index contributed by atoms with van der Waals surface area (Å²) in [6.45, 7) is 9.11. The number of carbonyl (C=O) groups excluding carboxylic acids is 2. The van der Waals surface area contributed by atoms with Crippen molar-refractivity contribution in [3.05, 3.63) is 95.6 Å². The quantitative estimate of drug-likeness (QED) is 0.381. The highest BCUT2D eigenvalue weighted by Gasteiger charge is 2.32. The molecule has 202 valence electrons. The van der Waals surface area contributed by atoms with Gasteiger partial charge in [0.25, 0.3) is 10.0 Å². The number of carbonyl (C=O) groups is 2. The van der Waals surface area contributed by atoms with E-state index in [1.165, 1.54) is 17.0 Å². The molecule has 38 heavy (non-hydrogen) atoms. The smallest absolute Gasteiger partial charge is 0.264 e. The van der Waals surface area contributed by atoms with Crippen molar-refractivity contribution >= 4 is 27.5 Å². The zero-order valence-corrected chi connectivity index (χ0v) is 23.5. The SMILES string of the molecule is CC[C@H](C)NC(=O)[C@@H](C)N(Cc1ccccc1)C(=O)CN(c1ccc(C)c(C)c1)S(=O)(=O)c1ccccc1. The van der Waals surface area contributed by atoms with Gasteiger partial charge in [-0.05, 0) is 75.1 Å². The van der Waals surface area contributed by atoms with Crippen molar-refractivity contribution in [1.82, 2.24) is 10.2 Å². The number of sulfonamides is 1. The molecule has 3 aromatic rings. The Labute approximate surface area is 226 Å². The summed E-state index contributed by atoms with van der Waals surface area (Å²) >= 11 is 0. The van der Waals surface area contributed by atoms with E-state index in [0.29, 0.717) is 5.69 Å². The van der Waals surface area contributed by atoms with Gasteiger partial charge in [0.1, 0.15) is 12.6 Å². The van der Waals surface area contributed by atoms with Crippen LogP contribution in [0.25, 0.3) is 0 Å². The summed E-state index contributed by atoms with van der Waals surface area (Å²) < 4.78 is 28.8. The summed E-state index contributed by atoms with van der Waals surface area (Å²) in [4.78, 5) is 28.5. The van der Waals surface area contributed by atoms with Crippen LogP contribution in [0.4, 0.5) is 5.69 Å². The second kappa shape index (κ2) is 12.7. The molecule has 0 unspecified atom stereocenters. The molecule has 0 radical (unpaired) electrons. The first-order valence-corrected chi connectivity index (χ1v) is 14.3. The number of hydrogen-bond acceptors (Lipinski definition) is 4. The molecule has 0 aromatic heterocycles. The van der Waals surface area contributed by atoms with E-state index in [0.717, 1.165) is 27.4 Å². The van der Waals surface area contributed by atoms with E-state index in [2.05, 4.69) is 5.32 Å². The lowest BCUT2D eigenvalue weighted by Crippen LogP contribution is -2.52. The van der Waals surface area contributed by atoms with Gasteiger partial charge in [0.2, 0.25) is 11.8 Å². The third kappa shape index (κ3) is 7.01. The molecular formula is C30H37N3O4S. The first-order chi connectivity index (χ1) is 18.0. The van der Waals surface area contributed by atoms with Crippen molar-refractivity contribution in [3.63, 3.8) is 0 Å². The Kier molecular flexibility index (Phi) is 9.69. The van der Waals surface area contributed by atoms with Crippen molar-refractivity contribution in [3.8, 4) is 0 Å². The Hall–Kier alpha value is -3.65. The average Bonchev–Trinajstić information content (AvgIpc) is 2.92. The number of nitrogens with one attached hydrogen (secondary N) is 1. The topological polar surface area (TPSA) is 86.8 Å². The molecule has 2 amide bonds. The predicted molar refractivity (Wildman–Crippen MR) is 151 cm³/mol. The fraction of sp³-hybridized carbons (Fsp3) is 0.333. The minimum Gasteiger partial charge on any atom is -0.352 e. The molecule has 3 rings (SSSR count). The molecule has 0 heterocycles. The summed E-state index contributed by atoms with van der Waals surface area (Å²) in [5.41, 5.74) is 3.15. The highest BCUT2D eigenvalue weighted by Crippen LogP contribution is 2.26. The van der Waals surface area contributed by atoms with Gasteiger partial charge in [-0.2, -0.15) is 0 Å². The van der Waals surface area contributed by atoms with E-state index in [-0.39, 0.29) is 23.4 Å². The maximum Gasteiger partial charge on any atom is 0.264 e. The van der Waals surface area contributed by atoms with Gasteiger partial charge in [0.05, 0.1) is 10.6 Å². The zero-order valence-electron chi connectivity index (χ0n) is 22.7. The summed E-state index contributed by atoms with van der Waals surface area (Å²) in [6, 6.07) is 21.9. The largest absolute Gasteiger partial charge is 0.352 e. The molecular weight excluding hydrogens is 498 g/mol. The van der Waals surface area contributed by atoms with E-state index < -0.39 is 28.5 Å². The van der Waals surface area contributed by atoms with Crippen LogP contribution in [0.15, 0.2) is 83.8 Å². The molecule has 3 aromatic carbocycles. The second-order valence-electron chi connectivity index (χ2n) is 9.59. The highest BCUT2D eigenvalue weighted by atomic mass is 32.2. The average molecular weight is 536 g/mol. The molecule has 0 saturated heterocycles. The lowest BCUT2D eigenvalue weighted by molar-refractivity contribution is -0.139. The molecule has 0 bridgehead atoms. The number of amides is 2. The number of hydrogen-bond donors (Lipinski definition) is 1. The van der Waals surface area contributed by atoms with Gasteiger partial charge in [0.15, 0.2) is 0 Å². The standard InChI is InChI=1S/C30H37N3O4S/c1-6-24(4)31-30(35)25(5)32(20-26-13-9-7-10-14-26)29(34)21-33(27-18-17-22(2)23(3)19-27)38(36,37)28-15-11-8-12-16-28/h7-19,24-25H,6,20-21H2,1-5H3,(H,31,35)/t24-,25+/m0/s1. The van der Waals surface area contributed by atoms with E-state index in [1.807, 2.05) is 64.1 Å². The molecule has 2 atom stereocenters. The fourth-order valence-electron chi connectivity index (χ4n) is 3.96. The van der Waals surface area contributed by atoms with E-state index in [1.54, 1.807) is 37.3 Å². The molecule has 0 aliphatic carbocycles. The summed E-state index contributed by atoms with van der Waals surface area (Å²) in [5, 5.41) is 2.94. The van der Waals surface area contributed by atoms with Crippen molar-refractivity contribution in [2.24, 2.45) is 0 Å². The van der Waals surface area contributed by atoms with Crippen LogP contribution >= 0.6 is 0 Å². The van der Waals surface area contributed by atoms with Gasteiger partial charge in [-0.1, -0.05) is 61.5 Å². The minimum absolute atomic E-state index is 0.0517. The summed E-state index contributed by atoms with van der Waals surface area (Å²) in [7, 11) is -4.07. The van der Waals surface area contributed by atoms with Crippen LogP contribution < -0.4 is 9.62 Å². The van der Waals surface area contributed by atoms with Crippen molar-refractivity contribution in [1.29, 1.82) is 0 Å². The lowest BCUT2D eigenvalue weighted by Gasteiger charge is -2.32. The predicted octanol–water partition coefficient (Wildman–Crippen LogP) is 4.83. The monoisotopic (exact) mass is 535 g/mol. The maximum absolute atomic E-state index is 13.9. The molecule has 7 nitrogen and oxygen atoms in total. The molecule has 0 aliphatic heterocycles. The van der Waals surface area contributed by atoms with Crippen LogP contribution in [0.5, 0.6) is 0 Å². The number of benzene rings is 3. The first-order valence-electron chi connectivity index (χ1n) is 12.8. The van der Waals surface area contributed by atoms with Crippen molar-refractivity contribution in [2.75, 3.05) is 10.8 Å². The highest BCUT2D eigenvalue weighted by molar-refractivity contribution is 7.92. The molecule has 0 fully saturated rings. The van der Waals surface area contributed by atoms with Crippen LogP contribution in [-0.2, 0) is 26.2 Å². The van der Waals surface area contributed by atoms with Gasteiger partial charge in [-0.3, -0.25) is 13.9 Å². The Morgan fingerprint density at radius 2 is 1.47 bits per heavy atom. The molecule has 1 N–H and O–H groups in total. The summed E-state index contributed by atoms with van der Waals surface area (Å²) in [5.74, 6) is -0.759. The van der Waals surface area contributed by atoms with Crippen LogP contribution in [0.1, 0.15) is 43.9 Å². The van der Waals surface area contributed by atoms with Gasteiger partial charge >= 0.3 is 0 Å². The Balaban J connectivity index is 2.02. The van der Waals surface area contributed by atoms with Gasteiger partial charge in [0, 0.05) is 12.6 Å². The van der Waals surface area contributed by atoms with E-state index >= 15 is 0 Å². The molecule has 0 spiro atoms. The normalized spacial score (nSPS) is 12.9. The number of rotatable bonds is 11. The number of nitrogens with zero attached hydrogens (tertiary/aromatic N) is 2. The fourth-order valence-corrected chi connectivity index (χ4v) is 5.38. The zero-order chi connectivity index (χ0) is 27.9. The van der Waals surface area contributed by atoms with Crippen LogP contribution in [-0.4, -0.2) is 43.8 Å². The van der Waals surface area contributed by atoms with Crippen molar-refractivity contribution < 1.29 is 18.0 Å². The molecule has 8 heteroatoms. The molecule has 0 saturated carbocycles. The molecule has 0 aliphatic rings. The van der Waals surface area contributed by atoms with Gasteiger partial charge in [-0.15, -0.1) is 0 Å². The van der Waals surface area contributed by atoms with Crippen molar-refractivity contribution in [2.45, 2.75) is 64.6 Å². The minimum atomic E-state index is -4.07. The first kappa shape index (κ1) is 28.9. The van der Waals surface area contributed by atoms with Crippen LogP contribution in [0, 0.1) is 13.8 Å². The van der Waals surface area contributed by atoms with Crippen LogP contribution in [0.3, 0.4) is 0 Å². The maximum atomic E-state index is 13.9. The number of anilines is 1. The third-order valence-corrected chi connectivity index (χ3v) is 8.54. The van der Waals surface area contributed by atoms with E-state index in [4.69, 9.17) is 0 Å². The lowest BCUT2D eigenvalue weighted by atomic mass is 10.1. The Morgan fingerprint density at radius 3 is 2.05 bits per heavy atom. The Morgan fingerprint density at radius 1 is 0.868 bits per heavy atom. The summed E-state index contributed by atoms with van der Waals surface area (Å²) in [6.07, 6.45) is 0.751. The van der Waals surface area contributed by atoms with Crippen LogP contribution in [0.2, 0.25) is 0 Å². The van der Waals surface area contributed by atoms with Gasteiger partial charge < -0.3 is 10.2 Å². The van der Waals surface area contributed by atoms with Gasteiger partial charge in [-0.25, -0.2) is 8.42 Å². The van der Waals surface area contributed by atoms with E-state index in [9.17, 15) is 18.0 Å². The third-order valence-electron chi connectivity index (χ3n) is 6.75. The second-order valence-corrected chi connectivity index (χ2v) is 11.5. The number of aryl methyl sites for hydroxylation is 2. The Bertz CT molecular complexity index is 1340.